The van der Waals surface area contributed by atoms with E-state index in [1.165, 1.54) is 12.1 Å². The topological polar surface area (TPSA) is 73.8 Å². The Balaban J connectivity index is 1.72. The zero-order valence-corrected chi connectivity index (χ0v) is 23.6. The van der Waals surface area contributed by atoms with Crippen LogP contribution in [0.1, 0.15) is 53.7 Å². The summed E-state index contributed by atoms with van der Waals surface area (Å²) in [5, 5.41) is 17.2. The number of benzene rings is 3. The number of nitrogens with one attached hydrogen (secondary N) is 2. The highest BCUT2D eigenvalue weighted by Crippen LogP contribution is 2.15. The van der Waals surface area contributed by atoms with Crippen LogP contribution in [0.5, 0.6) is 5.75 Å². The third kappa shape index (κ3) is 10.0. The number of ether oxygens (including phenoxy) is 1. The van der Waals surface area contributed by atoms with Crippen LogP contribution >= 0.6 is 0 Å². The summed E-state index contributed by atoms with van der Waals surface area (Å²) in [5.74, 6) is -1.04. The Kier molecular flexibility index (Phi) is 12.5. The van der Waals surface area contributed by atoms with Crippen LogP contribution in [-0.2, 0) is 19.5 Å². The lowest BCUT2D eigenvalue weighted by molar-refractivity contribution is 0.0829. The first-order valence-corrected chi connectivity index (χ1v) is 13.9. The summed E-state index contributed by atoms with van der Waals surface area (Å²) in [5.41, 5.74) is 2.81. The second-order valence-corrected chi connectivity index (χ2v) is 10.1. The van der Waals surface area contributed by atoms with Crippen LogP contribution in [0, 0.1) is 11.6 Å². The maximum absolute atomic E-state index is 13.9. The van der Waals surface area contributed by atoms with Gasteiger partial charge in [0.25, 0.3) is 5.91 Å². The molecule has 0 saturated heterocycles. The number of halogens is 2. The van der Waals surface area contributed by atoms with E-state index in [0.29, 0.717) is 17.7 Å². The number of hydrogen-bond acceptors (Lipinski definition) is 5. The average Bonchev–Trinajstić information content (AvgIpc) is 2.92. The summed E-state index contributed by atoms with van der Waals surface area (Å²) in [6, 6.07) is 17.5. The molecule has 0 aromatic heterocycles. The lowest BCUT2D eigenvalue weighted by Crippen LogP contribution is -2.48. The third-order valence-electron chi connectivity index (χ3n) is 6.65. The lowest BCUT2D eigenvalue weighted by Gasteiger charge is -2.25. The van der Waals surface area contributed by atoms with Crippen molar-refractivity contribution in [3.8, 4) is 5.75 Å². The highest BCUT2D eigenvalue weighted by Gasteiger charge is 2.23. The minimum Gasteiger partial charge on any atom is -0.497 e. The van der Waals surface area contributed by atoms with Gasteiger partial charge >= 0.3 is 0 Å². The number of rotatable bonds is 16. The molecule has 1 amide bonds. The molecule has 0 fully saturated rings. The molecule has 0 saturated carbocycles. The summed E-state index contributed by atoms with van der Waals surface area (Å²) < 4.78 is 33.1. The number of aliphatic hydroxyl groups excluding tert-OH is 1. The van der Waals surface area contributed by atoms with Crippen LogP contribution in [-0.4, -0.2) is 54.8 Å². The predicted molar refractivity (Wildman–Crippen MR) is 154 cm³/mol. The van der Waals surface area contributed by atoms with E-state index in [4.69, 9.17) is 4.74 Å². The van der Waals surface area contributed by atoms with E-state index in [1.54, 1.807) is 13.2 Å². The molecule has 3 aromatic carbocycles. The van der Waals surface area contributed by atoms with E-state index in [1.807, 2.05) is 42.5 Å². The van der Waals surface area contributed by atoms with Crippen molar-refractivity contribution < 1.29 is 23.4 Å². The first-order valence-electron chi connectivity index (χ1n) is 13.9. The molecule has 0 aliphatic carbocycles. The minimum absolute atomic E-state index is 0.0584. The number of methoxy groups -OCH3 is 1. The van der Waals surface area contributed by atoms with E-state index in [2.05, 4.69) is 29.4 Å². The maximum Gasteiger partial charge on any atom is 0.251 e. The molecule has 2 atom stereocenters. The van der Waals surface area contributed by atoms with E-state index in [9.17, 15) is 18.7 Å². The fourth-order valence-electron chi connectivity index (χ4n) is 4.78. The molecule has 8 heteroatoms. The Bertz CT molecular complexity index is 1200. The van der Waals surface area contributed by atoms with E-state index < -0.39 is 23.8 Å². The van der Waals surface area contributed by atoms with Crippen molar-refractivity contribution in [3.63, 3.8) is 0 Å². The molecule has 3 aromatic rings. The molecule has 0 aliphatic rings. The van der Waals surface area contributed by atoms with Crippen molar-refractivity contribution in [1.29, 1.82) is 0 Å². The number of hydrogen-bond donors (Lipinski definition) is 3. The van der Waals surface area contributed by atoms with Crippen LogP contribution < -0.4 is 15.4 Å². The van der Waals surface area contributed by atoms with Crippen molar-refractivity contribution in [3.05, 3.63) is 101 Å². The smallest absolute Gasteiger partial charge is 0.251 e. The zero-order chi connectivity index (χ0) is 28.9. The van der Waals surface area contributed by atoms with Gasteiger partial charge in [-0.1, -0.05) is 38.1 Å². The van der Waals surface area contributed by atoms with Crippen LogP contribution in [0.15, 0.2) is 66.7 Å². The molecule has 0 radical (unpaired) electrons. The normalized spacial score (nSPS) is 12.8. The van der Waals surface area contributed by atoms with E-state index in [-0.39, 0.29) is 18.9 Å². The first kappa shape index (κ1) is 31.2. The van der Waals surface area contributed by atoms with Gasteiger partial charge in [-0.2, -0.15) is 0 Å². The van der Waals surface area contributed by atoms with Crippen molar-refractivity contribution in [1.82, 2.24) is 15.5 Å². The van der Waals surface area contributed by atoms with Gasteiger partial charge in [0, 0.05) is 31.3 Å². The van der Waals surface area contributed by atoms with Gasteiger partial charge in [-0.15, -0.1) is 0 Å². The van der Waals surface area contributed by atoms with Crippen LogP contribution in [0.25, 0.3) is 0 Å². The standard InChI is InChI=1S/C32H41F2N3O3/c1-4-12-37(13-5-2)22-24-9-6-10-26(14-24)32(39)36-30(18-25-15-27(33)19-28(34)16-25)31(38)21-35-20-23-8-7-11-29(17-23)40-3/h6-11,14-17,19,30-31,35,38H,4-5,12-13,18,20-22H2,1-3H3,(H,36,39)/t30-,31+/m0/s1. The Morgan fingerprint density at radius 3 is 2.27 bits per heavy atom. The van der Waals surface area contributed by atoms with Gasteiger partial charge in [-0.25, -0.2) is 8.78 Å². The summed E-state index contributed by atoms with van der Waals surface area (Å²) >= 11 is 0. The predicted octanol–water partition coefficient (Wildman–Crippen LogP) is 5.09. The van der Waals surface area contributed by atoms with Gasteiger partial charge in [0.1, 0.15) is 17.4 Å². The van der Waals surface area contributed by atoms with Gasteiger partial charge in [-0.05, 0) is 85.4 Å². The molecule has 0 heterocycles. The molecule has 0 bridgehead atoms. The molecule has 3 N–H and O–H groups in total. The summed E-state index contributed by atoms with van der Waals surface area (Å²) in [6.07, 6.45) is 1.13. The number of amides is 1. The number of carbonyl (C=O) groups excluding carboxylic acids is 1. The number of aliphatic hydroxyl groups is 1. The van der Waals surface area contributed by atoms with Gasteiger partial charge in [0.05, 0.1) is 19.3 Å². The second kappa shape index (κ2) is 16.1. The third-order valence-corrected chi connectivity index (χ3v) is 6.65. The first-order chi connectivity index (χ1) is 19.3. The van der Waals surface area contributed by atoms with E-state index in [0.717, 1.165) is 55.4 Å². The van der Waals surface area contributed by atoms with E-state index >= 15 is 0 Å². The Morgan fingerprint density at radius 2 is 1.60 bits per heavy atom. The highest BCUT2D eigenvalue weighted by atomic mass is 19.1. The molecule has 216 valence electrons. The van der Waals surface area contributed by atoms with Crippen LogP contribution in [0.3, 0.4) is 0 Å². The van der Waals surface area contributed by atoms with Gasteiger partial charge in [-0.3, -0.25) is 9.69 Å². The second-order valence-electron chi connectivity index (χ2n) is 10.1. The molecular formula is C32H41F2N3O3. The van der Waals surface area contributed by atoms with Gasteiger partial charge in [0.15, 0.2) is 0 Å². The maximum atomic E-state index is 13.9. The van der Waals surface area contributed by atoms with Crippen molar-refractivity contribution in [2.75, 3.05) is 26.7 Å². The van der Waals surface area contributed by atoms with Gasteiger partial charge < -0.3 is 20.5 Å². The fourth-order valence-corrected chi connectivity index (χ4v) is 4.78. The van der Waals surface area contributed by atoms with Gasteiger partial charge in [0.2, 0.25) is 0 Å². The largest absolute Gasteiger partial charge is 0.497 e. The van der Waals surface area contributed by atoms with Crippen molar-refractivity contribution in [2.24, 2.45) is 0 Å². The molecule has 6 nitrogen and oxygen atoms in total. The SMILES string of the molecule is CCCN(CCC)Cc1cccc(C(=O)N[C@@H](Cc2cc(F)cc(F)c2)[C@H](O)CNCc2cccc(OC)c2)c1. The lowest BCUT2D eigenvalue weighted by atomic mass is 9.99. The Morgan fingerprint density at radius 1 is 0.925 bits per heavy atom. The van der Waals surface area contributed by atoms with Crippen LogP contribution in [0.2, 0.25) is 0 Å². The highest BCUT2D eigenvalue weighted by molar-refractivity contribution is 5.94. The molecule has 0 spiro atoms. The Labute approximate surface area is 236 Å². The summed E-state index contributed by atoms with van der Waals surface area (Å²) in [6.45, 7) is 7.62. The molecule has 0 aliphatic heterocycles. The van der Waals surface area contributed by atoms with Crippen molar-refractivity contribution in [2.45, 2.75) is 58.3 Å². The summed E-state index contributed by atoms with van der Waals surface area (Å²) in [7, 11) is 1.60. The van der Waals surface area contributed by atoms with Crippen molar-refractivity contribution >= 4 is 5.91 Å². The monoisotopic (exact) mass is 553 g/mol. The molecular weight excluding hydrogens is 512 g/mol. The molecule has 0 unspecified atom stereocenters. The molecule has 3 rings (SSSR count). The van der Waals surface area contributed by atoms with Crippen LogP contribution in [0.4, 0.5) is 8.78 Å². The quantitative estimate of drug-likeness (QED) is 0.231. The number of nitrogens with zero attached hydrogens (tertiary/aromatic N) is 1. The fraction of sp³-hybridized carbons (Fsp3) is 0.406. The average molecular weight is 554 g/mol. The zero-order valence-electron chi connectivity index (χ0n) is 23.6. The summed E-state index contributed by atoms with van der Waals surface area (Å²) in [4.78, 5) is 15.7. The molecule has 40 heavy (non-hydrogen) atoms. The number of carbonyl (C=O) groups is 1. The minimum atomic E-state index is -1.02. The Hall–Kier alpha value is -3.33.